The predicted octanol–water partition coefficient (Wildman–Crippen LogP) is 0.857. The molecular formula is C6H8FN3OS. The van der Waals surface area contributed by atoms with Crippen LogP contribution in [0.1, 0.15) is 6.42 Å². The first-order valence-corrected chi connectivity index (χ1v) is 4.43. The van der Waals surface area contributed by atoms with Gasteiger partial charge in [0.2, 0.25) is 5.13 Å². The molecule has 1 aromatic heterocycles. The highest BCUT2D eigenvalue weighted by Crippen LogP contribution is 2.34. The van der Waals surface area contributed by atoms with E-state index in [2.05, 4.69) is 10.2 Å². The first kappa shape index (κ1) is 7.72. The van der Waals surface area contributed by atoms with Crippen molar-refractivity contribution in [3.8, 4) is 5.19 Å². The number of halogens is 1. The Hall–Kier alpha value is -0.910. The minimum absolute atomic E-state index is 0.0510. The monoisotopic (exact) mass is 189 g/mol. The summed E-state index contributed by atoms with van der Waals surface area (Å²) in [5.74, 6) is 0.0510. The smallest absolute Gasteiger partial charge is 0.295 e. The third-order valence-corrected chi connectivity index (χ3v) is 2.34. The van der Waals surface area contributed by atoms with Crippen LogP contribution in [-0.4, -0.2) is 23.0 Å². The van der Waals surface area contributed by atoms with Crippen LogP contribution in [-0.2, 0) is 0 Å². The molecule has 0 radical (unpaired) electrons. The van der Waals surface area contributed by atoms with Gasteiger partial charge in [-0.2, -0.15) is 0 Å². The number of nitrogen functional groups attached to an aromatic ring is 1. The maximum Gasteiger partial charge on any atom is 0.295 e. The Bertz CT molecular complexity index is 280. The lowest BCUT2D eigenvalue weighted by Gasteiger charge is -1.96. The van der Waals surface area contributed by atoms with Crippen molar-refractivity contribution in [2.45, 2.75) is 12.6 Å². The second-order valence-electron chi connectivity index (χ2n) is 2.73. The van der Waals surface area contributed by atoms with E-state index in [-0.39, 0.29) is 5.92 Å². The van der Waals surface area contributed by atoms with Gasteiger partial charge < -0.3 is 10.5 Å². The van der Waals surface area contributed by atoms with Gasteiger partial charge in [0.05, 0.1) is 6.61 Å². The number of hydrogen-bond acceptors (Lipinski definition) is 5. The fourth-order valence-electron chi connectivity index (χ4n) is 0.840. The van der Waals surface area contributed by atoms with Crippen molar-refractivity contribution in [3.63, 3.8) is 0 Å². The van der Waals surface area contributed by atoms with Crippen LogP contribution in [0.15, 0.2) is 0 Å². The molecule has 1 heterocycles. The first-order valence-electron chi connectivity index (χ1n) is 3.61. The highest BCUT2D eigenvalue weighted by Gasteiger charge is 2.38. The number of hydrogen-bond donors (Lipinski definition) is 1. The summed E-state index contributed by atoms with van der Waals surface area (Å²) in [6.45, 7) is 0.385. The van der Waals surface area contributed by atoms with E-state index in [0.29, 0.717) is 23.4 Å². The molecule has 1 saturated carbocycles. The van der Waals surface area contributed by atoms with Crippen LogP contribution in [0.25, 0.3) is 0 Å². The fourth-order valence-corrected chi connectivity index (χ4v) is 1.31. The molecule has 0 spiro atoms. The van der Waals surface area contributed by atoms with Gasteiger partial charge in [0.25, 0.3) is 5.19 Å². The lowest BCUT2D eigenvalue weighted by molar-refractivity contribution is 0.276. The third kappa shape index (κ3) is 1.63. The van der Waals surface area contributed by atoms with Gasteiger partial charge >= 0.3 is 0 Å². The standard InChI is InChI=1S/C6H8FN3OS/c7-4-1-3(4)2-11-6-10-9-5(8)12-6/h3-4H,1-2H2,(H2,8,9)/t3-,4+/m1/s1. The van der Waals surface area contributed by atoms with Crippen LogP contribution in [0, 0.1) is 5.92 Å². The highest BCUT2D eigenvalue weighted by molar-refractivity contribution is 7.16. The average molecular weight is 189 g/mol. The summed E-state index contributed by atoms with van der Waals surface area (Å²) in [5.41, 5.74) is 5.32. The minimum Gasteiger partial charge on any atom is -0.468 e. The second kappa shape index (κ2) is 2.85. The number of anilines is 1. The Balaban J connectivity index is 1.80. The zero-order valence-corrected chi connectivity index (χ0v) is 7.05. The molecule has 1 aromatic rings. The molecule has 0 amide bonds. The lowest BCUT2D eigenvalue weighted by Crippen LogP contribution is -2.00. The van der Waals surface area contributed by atoms with Gasteiger partial charge in [-0.1, -0.05) is 5.10 Å². The van der Waals surface area contributed by atoms with Gasteiger partial charge in [0, 0.05) is 5.92 Å². The molecule has 1 aliphatic carbocycles. The molecule has 0 aliphatic heterocycles. The molecule has 4 nitrogen and oxygen atoms in total. The fraction of sp³-hybridized carbons (Fsp3) is 0.667. The molecule has 2 atom stereocenters. The Morgan fingerprint density at radius 1 is 1.67 bits per heavy atom. The largest absolute Gasteiger partial charge is 0.468 e. The van der Waals surface area contributed by atoms with Crippen molar-refractivity contribution in [2.75, 3.05) is 12.3 Å². The number of nitrogens with zero attached hydrogens (tertiary/aromatic N) is 2. The summed E-state index contributed by atoms with van der Waals surface area (Å²) in [4.78, 5) is 0. The second-order valence-corrected chi connectivity index (χ2v) is 3.70. The van der Waals surface area contributed by atoms with E-state index in [9.17, 15) is 4.39 Å². The topological polar surface area (TPSA) is 61.0 Å². The predicted molar refractivity (Wildman–Crippen MR) is 42.8 cm³/mol. The summed E-state index contributed by atoms with van der Waals surface area (Å²) in [5, 5.41) is 8.00. The first-order chi connectivity index (χ1) is 5.75. The zero-order valence-electron chi connectivity index (χ0n) is 6.24. The lowest BCUT2D eigenvalue weighted by atomic mass is 10.5. The van der Waals surface area contributed by atoms with Gasteiger partial charge in [-0.25, -0.2) is 4.39 Å². The van der Waals surface area contributed by atoms with Gasteiger partial charge in [-0.3, -0.25) is 0 Å². The van der Waals surface area contributed by atoms with Crippen molar-refractivity contribution < 1.29 is 9.13 Å². The van der Waals surface area contributed by atoms with Crippen molar-refractivity contribution in [1.29, 1.82) is 0 Å². The quantitative estimate of drug-likeness (QED) is 0.766. The van der Waals surface area contributed by atoms with E-state index in [1.807, 2.05) is 0 Å². The summed E-state index contributed by atoms with van der Waals surface area (Å²) >= 11 is 1.17. The van der Waals surface area contributed by atoms with E-state index in [0.717, 1.165) is 0 Å². The van der Waals surface area contributed by atoms with Gasteiger partial charge in [0.15, 0.2) is 0 Å². The third-order valence-electron chi connectivity index (χ3n) is 1.68. The Kier molecular flexibility index (Phi) is 1.84. The molecule has 2 rings (SSSR count). The van der Waals surface area contributed by atoms with Crippen molar-refractivity contribution in [3.05, 3.63) is 0 Å². The number of rotatable bonds is 3. The molecule has 12 heavy (non-hydrogen) atoms. The number of ether oxygens (including phenoxy) is 1. The molecule has 1 fully saturated rings. The summed E-state index contributed by atoms with van der Waals surface area (Å²) in [6, 6.07) is 0. The number of aromatic nitrogens is 2. The highest BCUT2D eigenvalue weighted by atomic mass is 32.1. The molecule has 0 unspecified atom stereocenters. The molecule has 0 saturated heterocycles. The summed E-state index contributed by atoms with van der Waals surface area (Å²) in [7, 11) is 0. The Morgan fingerprint density at radius 3 is 2.92 bits per heavy atom. The van der Waals surface area contributed by atoms with E-state index in [1.54, 1.807) is 0 Å². The molecule has 6 heteroatoms. The average Bonchev–Trinajstić information content (AvgIpc) is 2.56. The van der Waals surface area contributed by atoms with Gasteiger partial charge in [-0.05, 0) is 17.8 Å². The molecule has 0 bridgehead atoms. The molecule has 1 aliphatic rings. The van der Waals surface area contributed by atoms with E-state index in [4.69, 9.17) is 10.5 Å². The Labute approximate surface area is 72.6 Å². The molecule has 2 N–H and O–H groups in total. The minimum atomic E-state index is -0.685. The van der Waals surface area contributed by atoms with Gasteiger partial charge in [-0.15, -0.1) is 5.10 Å². The van der Waals surface area contributed by atoms with Gasteiger partial charge in [0.1, 0.15) is 6.17 Å². The summed E-state index contributed by atoms with van der Waals surface area (Å²) < 4.78 is 17.5. The summed E-state index contributed by atoms with van der Waals surface area (Å²) in [6.07, 6.45) is -0.0795. The van der Waals surface area contributed by atoms with Crippen LogP contribution in [0.4, 0.5) is 9.52 Å². The van der Waals surface area contributed by atoms with Crippen molar-refractivity contribution >= 4 is 16.5 Å². The van der Waals surface area contributed by atoms with Crippen LogP contribution >= 0.6 is 11.3 Å². The van der Waals surface area contributed by atoms with Crippen molar-refractivity contribution in [2.24, 2.45) is 5.92 Å². The number of nitrogens with two attached hydrogens (primary N) is 1. The van der Waals surface area contributed by atoms with E-state index >= 15 is 0 Å². The van der Waals surface area contributed by atoms with Crippen LogP contribution < -0.4 is 10.5 Å². The maximum absolute atomic E-state index is 12.3. The Morgan fingerprint density at radius 2 is 2.42 bits per heavy atom. The van der Waals surface area contributed by atoms with E-state index < -0.39 is 6.17 Å². The molecule has 66 valence electrons. The van der Waals surface area contributed by atoms with Crippen molar-refractivity contribution in [1.82, 2.24) is 10.2 Å². The van der Waals surface area contributed by atoms with E-state index in [1.165, 1.54) is 11.3 Å². The molecule has 0 aromatic carbocycles. The normalized spacial score (nSPS) is 27.1. The van der Waals surface area contributed by atoms with Crippen LogP contribution in [0.3, 0.4) is 0 Å². The van der Waals surface area contributed by atoms with Crippen LogP contribution in [0.2, 0.25) is 0 Å². The number of alkyl halides is 1. The maximum atomic E-state index is 12.3. The van der Waals surface area contributed by atoms with Crippen LogP contribution in [0.5, 0.6) is 5.19 Å². The SMILES string of the molecule is Nc1nnc(OC[C@H]2C[C@@H]2F)s1. The molecular weight excluding hydrogens is 181 g/mol. The zero-order chi connectivity index (χ0) is 8.55.